The maximum absolute atomic E-state index is 13.5. The Morgan fingerprint density at radius 1 is 1.33 bits per heavy atom. The van der Waals surface area contributed by atoms with Gasteiger partial charge in [0.1, 0.15) is 0 Å². The Bertz CT molecular complexity index is 403. The van der Waals surface area contributed by atoms with Crippen LogP contribution in [0.25, 0.3) is 0 Å². The molecule has 0 spiro atoms. The Morgan fingerprint density at radius 3 is 2.83 bits per heavy atom. The standard InChI is InChI=1S/C14H18FNO2/c15-13-6-3-5-12(11-17)14(13)18-10-4-9-16-7-1-2-8-16/h3,5-6,11H,1-2,4,7-10H2. The zero-order chi connectivity index (χ0) is 12.8. The lowest BCUT2D eigenvalue weighted by Crippen LogP contribution is -2.22. The molecular formula is C14H18FNO2. The lowest BCUT2D eigenvalue weighted by atomic mass is 10.2. The molecule has 0 amide bonds. The Morgan fingerprint density at radius 2 is 2.11 bits per heavy atom. The van der Waals surface area contributed by atoms with Crippen molar-refractivity contribution in [3.63, 3.8) is 0 Å². The van der Waals surface area contributed by atoms with Crippen molar-refractivity contribution in [3.8, 4) is 5.75 Å². The van der Waals surface area contributed by atoms with Gasteiger partial charge < -0.3 is 9.64 Å². The van der Waals surface area contributed by atoms with E-state index in [-0.39, 0.29) is 11.3 Å². The van der Waals surface area contributed by atoms with E-state index in [0.29, 0.717) is 12.9 Å². The van der Waals surface area contributed by atoms with Crippen molar-refractivity contribution in [2.45, 2.75) is 19.3 Å². The summed E-state index contributed by atoms with van der Waals surface area (Å²) in [5.41, 5.74) is 0.274. The normalized spacial score (nSPS) is 15.8. The summed E-state index contributed by atoms with van der Waals surface area (Å²) in [5.74, 6) is -0.394. The molecule has 0 saturated carbocycles. The fraction of sp³-hybridized carbons (Fsp3) is 0.500. The van der Waals surface area contributed by atoms with E-state index in [4.69, 9.17) is 4.74 Å². The molecule has 3 nitrogen and oxygen atoms in total. The topological polar surface area (TPSA) is 29.5 Å². The second-order valence-corrected chi connectivity index (χ2v) is 4.53. The predicted octanol–water partition coefficient (Wildman–Crippen LogP) is 2.50. The van der Waals surface area contributed by atoms with Crippen molar-refractivity contribution in [1.82, 2.24) is 4.90 Å². The highest BCUT2D eigenvalue weighted by atomic mass is 19.1. The van der Waals surface area contributed by atoms with Gasteiger partial charge in [0.25, 0.3) is 0 Å². The van der Waals surface area contributed by atoms with Gasteiger partial charge >= 0.3 is 0 Å². The van der Waals surface area contributed by atoms with Crippen LogP contribution >= 0.6 is 0 Å². The highest BCUT2D eigenvalue weighted by molar-refractivity contribution is 5.79. The summed E-state index contributed by atoms with van der Waals surface area (Å²) < 4.78 is 18.9. The van der Waals surface area contributed by atoms with E-state index in [1.807, 2.05) is 0 Å². The summed E-state index contributed by atoms with van der Waals surface area (Å²) in [6.07, 6.45) is 4.01. The van der Waals surface area contributed by atoms with E-state index in [9.17, 15) is 9.18 Å². The van der Waals surface area contributed by atoms with E-state index in [2.05, 4.69) is 4.90 Å². The first kappa shape index (κ1) is 13.0. The molecule has 4 heteroatoms. The minimum absolute atomic E-state index is 0.0777. The molecule has 0 atom stereocenters. The quantitative estimate of drug-likeness (QED) is 0.574. The molecule has 1 heterocycles. The van der Waals surface area contributed by atoms with Gasteiger partial charge in [-0.3, -0.25) is 4.79 Å². The first-order valence-corrected chi connectivity index (χ1v) is 6.40. The number of carbonyl (C=O) groups excluding carboxylic acids is 1. The number of para-hydroxylation sites is 1. The number of aldehydes is 1. The molecule has 2 rings (SSSR count). The van der Waals surface area contributed by atoms with Gasteiger partial charge in [0.2, 0.25) is 0 Å². The van der Waals surface area contributed by atoms with E-state index in [1.54, 1.807) is 6.07 Å². The molecule has 98 valence electrons. The predicted molar refractivity (Wildman–Crippen MR) is 67.6 cm³/mol. The van der Waals surface area contributed by atoms with Gasteiger partial charge in [0.15, 0.2) is 17.9 Å². The van der Waals surface area contributed by atoms with Crippen LogP contribution in [-0.4, -0.2) is 37.4 Å². The molecule has 1 aromatic carbocycles. The molecule has 0 unspecified atom stereocenters. The third-order valence-corrected chi connectivity index (χ3v) is 3.19. The molecule has 1 aliphatic heterocycles. The van der Waals surface area contributed by atoms with Crippen LogP contribution in [0.4, 0.5) is 4.39 Å². The number of rotatable bonds is 6. The van der Waals surface area contributed by atoms with Crippen molar-refractivity contribution in [2.75, 3.05) is 26.2 Å². The number of halogens is 1. The molecule has 18 heavy (non-hydrogen) atoms. The minimum Gasteiger partial charge on any atom is -0.490 e. The lowest BCUT2D eigenvalue weighted by molar-refractivity contribution is 0.111. The van der Waals surface area contributed by atoms with Gasteiger partial charge in [-0.1, -0.05) is 6.07 Å². The summed E-state index contributed by atoms with van der Waals surface area (Å²) in [7, 11) is 0. The van der Waals surface area contributed by atoms with E-state index in [1.165, 1.54) is 25.0 Å². The van der Waals surface area contributed by atoms with Crippen LogP contribution < -0.4 is 4.74 Å². The zero-order valence-electron chi connectivity index (χ0n) is 10.4. The van der Waals surface area contributed by atoms with Gasteiger partial charge in [-0.2, -0.15) is 0 Å². The molecule has 1 aliphatic rings. The van der Waals surface area contributed by atoms with Crippen LogP contribution in [-0.2, 0) is 0 Å². The fourth-order valence-electron chi connectivity index (χ4n) is 2.24. The number of carbonyl (C=O) groups is 1. The first-order valence-electron chi connectivity index (χ1n) is 6.40. The van der Waals surface area contributed by atoms with Crippen LogP contribution in [0.15, 0.2) is 18.2 Å². The largest absolute Gasteiger partial charge is 0.490 e. The van der Waals surface area contributed by atoms with Crippen molar-refractivity contribution in [1.29, 1.82) is 0 Å². The molecule has 0 radical (unpaired) electrons. The second kappa shape index (κ2) is 6.50. The van der Waals surface area contributed by atoms with Crippen LogP contribution in [0.1, 0.15) is 29.6 Å². The average molecular weight is 251 g/mol. The number of hydrogen-bond acceptors (Lipinski definition) is 3. The summed E-state index contributed by atoms with van der Waals surface area (Å²) in [5, 5.41) is 0. The third-order valence-electron chi connectivity index (χ3n) is 3.19. The Kier molecular flexibility index (Phi) is 4.70. The van der Waals surface area contributed by atoms with E-state index >= 15 is 0 Å². The molecular weight excluding hydrogens is 233 g/mol. The third kappa shape index (κ3) is 3.29. The maximum Gasteiger partial charge on any atom is 0.165 e. The first-order chi connectivity index (χ1) is 8.81. The highest BCUT2D eigenvalue weighted by Gasteiger charge is 2.12. The molecule has 1 aromatic rings. The van der Waals surface area contributed by atoms with Crippen molar-refractivity contribution >= 4 is 6.29 Å². The van der Waals surface area contributed by atoms with Gasteiger partial charge in [0.05, 0.1) is 12.2 Å². The summed E-state index contributed by atoms with van der Waals surface area (Å²) >= 11 is 0. The van der Waals surface area contributed by atoms with Gasteiger partial charge in [-0.15, -0.1) is 0 Å². The summed E-state index contributed by atoms with van der Waals surface area (Å²) in [6.45, 7) is 3.72. The number of hydrogen-bond donors (Lipinski definition) is 0. The van der Waals surface area contributed by atoms with E-state index in [0.717, 1.165) is 26.1 Å². The Hall–Kier alpha value is -1.42. The van der Waals surface area contributed by atoms with Crippen LogP contribution in [0, 0.1) is 5.82 Å². The lowest BCUT2D eigenvalue weighted by Gasteiger charge is -2.15. The number of benzene rings is 1. The minimum atomic E-state index is -0.472. The number of likely N-dealkylation sites (tertiary alicyclic amines) is 1. The SMILES string of the molecule is O=Cc1cccc(F)c1OCCCN1CCCC1. The molecule has 1 fully saturated rings. The molecule has 1 saturated heterocycles. The summed E-state index contributed by atoms with van der Waals surface area (Å²) in [6, 6.07) is 4.38. The monoisotopic (exact) mass is 251 g/mol. The van der Waals surface area contributed by atoms with Crippen LogP contribution in [0.2, 0.25) is 0 Å². The smallest absolute Gasteiger partial charge is 0.165 e. The maximum atomic E-state index is 13.5. The molecule has 0 aliphatic carbocycles. The number of nitrogens with zero attached hydrogens (tertiary/aromatic N) is 1. The molecule has 0 bridgehead atoms. The highest BCUT2D eigenvalue weighted by Crippen LogP contribution is 2.21. The Balaban J connectivity index is 1.80. The van der Waals surface area contributed by atoms with Crippen molar-refractivity contribution in [3.05, 3.63) is 29.6 Å². The summed E-state index contributed by atoms with van der Waals surface area (Å²) in [4.78, 5) is 13.1. The van der Waals surface area contributed by atoms with Crippen molar-refractivity contribution < 1.29 is 13.9 Å². The Labute approximate surface area is 107 Å². The fourth-order valence-corrected chi connectivity index (χ4v) is 2.24. The van der Waals surface area contributed by atoms with Gasteiger partial charge in [0, 0.05) is 6.54 Å². The molecule has 0 N–H and O–H groups in total. The number of ether oxygens (including phenoxy) is 1. The van der Waals surface area contributed by atoms with E-state index < -0.39 is 5.82 Å². The van der Waals surface area contributed by atoms with Crippen LogP contribution in [0.3, 0.4) is 0 Å². The van der Waals surface area contributed by atoms with Gasteiger partial charge in [-0.25, -0.2) is 4.39 Å². The second-order valence-electron chi connectivity index (χ2n) is 4.53. The average Bonchev–Trinajstić information content (AvgIpc) is 2.89. The molecule has 0 aromatic heterocycles. The van der Waals surface area contributed by atoms with Crippen LogP contribution in [0.5, 0.6) is 5.75 Å². The van der Waals surface area contributed by atoms with Gasteiger partial charge in [-0.05, 0) is 44.5 Å². The zero-order valence-corrected chi connectivity index (χ0v) is 10.4. The van der Waals surface area contributed by atoms with Crippen molar-refractivity contribution in [2.24, 2.45) is 0 Å².